The second-order valence-corrected chi connectivity index (χ2v) is 8.22. The number of ether oxygens (including phenoxy) is 1. The monoisotopic (exact) mass is 454 g/mol. The summed E-state index contributed by atoms with van der Waals surface area (Å²) in [5.74, 6) is 0.805. The second-order valence-electron chi connectivity index (χ2n) is 7.79. The van der Waals surface area contributed by atoms with E-state index in [9.17, 15) is 0 Å². The van der Waals surface area contributed by atoms with Crippen LogP contribution in [0.15, 0.2) is 85.2 Å². The molecule has 164 valence electrons. The molecule has 33 heavy (non-hydrogen) atoms. The largest absolute Gasteiger partial charge is 0.497 e. The van der Waals surface area contributed by atoms with Crippen LogP contribution < -0.4 is 15.4 Å². The zero-order valence-corrected chi connectivity index (χ0v) is 18.9. The van der Waals surface area contributed by atoms with E-state index < -0.39 is 0 Å². The number of pyridine rings is 2. The normalized spacial score (nSPS) is 11.0. The van der Waals surface area contributed by atoms with Gasteiger partial charge in [0.05, 0.1) is 18.1 Å². The van der Waals surface area contributed by atoms with Crippen LogP contribution in [-0.4, -0.2) is 17.1 Å². The van der Waals surface area contributed by atoms with Gasteiger partial charge in [-0.1, -0.05) is 35.9 Å². The van der Waals surface area contributed by atoms with Crippen molar-refractivity contribution in [2.24, 2.45) is 0 Å². The molecule has 0 fully saturated rings. The molecule has 0 aliphatic carbocycles. The van der Waals surface area contributed by atoms with Crippen molar-refractivity contribution in [1.29, 1.82) is 0 Å². The van der Waals surface area contributed by atoms with Crippen molar-refractivity contribution < 1.29 is 4.74 Å². The van der Waals surface area contributed by atoms with Crippen LogP contribution in [-0.2, 0) is 13.1 Å². The third kappa shape index (κ3) is 4.69. The summed E-state index contributed by atoms with van der Waals surface area (Å²) in [6.45, 7) is 1.46. The summed E-state index contributed by atoms with van der Waals surface area (Å²) >= 11 is 6.09. The molecule has 0 amide bonds. The van der Waals surface area contributed by atoms with Crippen LogP contribution in [0.25, 0.3) is 21.8 Å². The highest BCUT2D eigenvalue weighted by atomic mass is 35.5. The van der Waals surface area contributed by atoms with Crippen molar-refractivity contribution in [3.05, 3.63) is 101 Å². The summed E-state index contributed by atoms with van der Waals surface area (Å²) in [7, 11) is 1.66. The van der Waals surface area contributed by atoms with E-state index in [2.05, 4.69) is 44.9 Å². The number of aromatic nitrogens is 2. The van der Waals surface area contributed by atoms with Crippen molar-refractivity contribution in [3.8, 4) is 5.75 Å². The molecule has 0 atom stereocenters. The Kier molecular flexibility index (Phi) is 5.96. The summed E-state index contributed by atoms with van der Waals surface area (Å²) in [6.07, 6.45) is 3.62. The van der Waals surface area contributed by atoms with E-state index in [0.29, 0.717) is 5.02 Å². The Bertz CT molecular complexity index is 1420. The highest BCUT2D eigenvalue weighted by molar-refractivity contribution is 6.31. The Hall–Kier alpha value is -3.83. The fourth-order valence-corrected chi connectivity index (χ4v) is 4.02. The molecule has 0 aliphatic rings. The van der Waals surface area contributed by atoms with Crippen molar-refractivity contribution in [3.63, 3.8) is 0 Å². The maximum atomic E-state index is 6.09. The van der Waals surface area contributed by atoms with Gasteiger partial charge in [-0.2, -0.15) is 0 Å². The minimum absolute atomic E-state index is 0.691. The van der Waals surface area contributed by atoms with Crippen LogP contribution in [0.2, 0.25) is 5.02 Å². The highest BCUT2D eigenvalue weighted by Crippen LogP contribution is 2.26. The lowest BCUT2D eigenvalue weighted by molar-refractivity contribution is 0.415. The predicted octanol–water partition coefficient (Wildman–Crippen LogP) is 6.67. The van der Waals surface area contributed by atoms with E-state index in [0.717, 1.165) is 52.0 Å². The molecule has 0 spiro atoms. The second kappa shape index (κ2) is 9.35. The average Bonchev–Trinajstić information content (AvgIpc) is 2.86. The van der Waals surface area contributed by atoms with Gasteiger partial charge in [0.25, 0.3) is 0 Å². The van der Waals surface area contributed by atoms with Gasteiger partial charge in [0.1, 0.15) is 5.75 Å². The number of nitrogens with one attached hydrogen (secondary N) is 2. The zero-order valence-electron chi connectivity index (χ0n) is 18.2. The molecule has 3 aromatic carbocycles. The van der Waals surface area contributed by atoms with Gasteiger partial charge in [-0.05, 0) is 53.6 Å². The quantitative estimate of drug-likeness (QED) is 0.287. The Labute approximate surface area is 197 Å². The number of hydrogen-bond donors (Lipinski definition) is 2. The molecule has 0 saturated carbocycles. The summed E-state index contributed by atoms with van der Waals surface area (Å²) in [5, 5.41) is 9.87. The lowest BCUT2D eigenvalue weighted by Crippen LogP contribution is -2.03. The van der Waals surface area contributed by atoms with Crippen molar-refractivity contribution >= 4 is 44.8 Å². The van der Waals surface area contributed by atoms with Crippen LogP contribution >= 0.6 is 11.6 Å². The standard InChI is InChI=1S/C27H23ClN4O/c1-33-21-7-9-23-25(11-13-30-27(23)15-21)32-17-19-4-2-18(3-5-19)16-31-24-10-12-29-26-14-20(28)6-8-22(24)26/h2-15H,16-17H2,1H3,(H,29,31)(H,30,32). The molecule has 0 bridgehead atoms. The van der Waals surface area contributed by atoms with E-state index in [1.54, 1.807) is 13.3 Å². The van der Waals surface area contributed by atoms with Gasteiger partial charge in [-0.15, -0.1) is 0 Å². The maximum absolute atomic E-state index is 6.09. The first-order chi connectivity index (χ1) is 16.2. The molecule has 0 unspecified atom stereocenters. The van der Waals surface area contributed by atoms with E-state index in [1.165, 1.54) is 11.1 Å². The molecule has 0 radical (unpaired) electrons. The van der Waals surface area contributed by atoms with Gasteiger partial charge < -0.3 is 15.4 Å². The fraction of sp³-hybridized carbons (Fsp3) is 0.111. The van der Waals surface area contributed by atoms with Crippen LogP contribution in [0, 0.1) is 0 Å². The van der Waals surface area contributed by atoms with Crippen LogP contribution in [0.5, 0.6) is 5.75 Å². The molecule has 0 saturated heterocycles. The molecule has 0 aliphatic heterocycles. The first kappa shape index (κ1) is 21.0. The number of fused-ring (bicyclic) bond motifs is 2. The number of rotatable bonds is 7. The number of nitrogens with zero attached hydrogens (tertiary/aromatic N) is 2. The van der Waals surface area contributed by atoms with Gasteiger partial charge in [-0.3, -0.25) is 9.97 Å². The summed E-state index contributed by atoms with van der Waals surface area (Å²) in [6, 6.07) is 24.3. The molecule has 2 N–H and O–H groups in total. The van der Waals surface area contributed by atoms with Gasteiger partial charge in [-0.25, -0.2) is 0 Å². The van der Waals surface area contributed by atoms with E-state index in [1.807, 2.05) is 54.7 Å². The van der Waals surface area contributed by atoms with Gasteiger partial charge in [0.15, 0.2) is 0 Å². The van der Waals surface area contributed by atoms with E-state index >= 15 is 0 Å². The molecule has 5 rings (SSSR count). The average molecular weight is 455 g/mol. The van der Waals surface area contributed by atoms with Crippen LogP contribution in [0.3, 0.4) is 0 Å². The number of benzene rings is 3. The fourth-order valence-electron chi connectivity index (χ4n) is 3.85. The minimum Gasteiger partial charge on any atom is -0.497 e. The predicted molar refractivity (Wildman–Crippen MR) is 136 cm³/mol. The highest BCUT2D eigenvalue weighted by Gasteiger charge is 2.05. The molecule has 5 aromatic rings. The summed E-state index contributed by atoms with van der Waals surface area (Å²) in [4.78, 5) is 8.85. The third-order valence-corrected chi connectivity index (χ3v) is 5.88. The molecular weight excluding hydrogens is 432 g/mol. The Balaban J connectivity index is 1.24. The first-order valence-corrected chi connectivity index (χ1v) is 11.1. The third-order valence-electron chi connectivity index (χ3n) is 5.64. The van der Waals surface area contributed by atoms with Gasteiger partial charge >= 0.3 is 0 Å². The van der Waals surface area contributed by atoms with Crippen molar-refractivity contribution in [2.45, 2.75) is 13.1 Å². The molecule has 5 nitrogen and oxygen atoms in total. The van der Waals surface area contributed by atoms with E-state index in [4.69, 9.17) is 16.3 Å². The summed E-state index contributed by atoms with van der Waals surface area (Å²) < 4.78 is 5.30. The maximum Gasteiger partial charge on any atom is 0.121 e. The zero-order chi connectivity index (χ0) is 22.6. The Morgan fingerprint density at radius 1 is 0.697 bits per heavy atom. The van der Waals surface area contributed by atoms with Gasteiger partial charge in [0.2, 0.25) is 0 Å². The minimum atomic E-state index is 0.691. The number of halogens is 1. The molecule has 2 heterocycles. The lowest BCUT2D eigenvalue weighted by atomic mass is 10.1. The van der Waals surface area contributed by atoms with Crippen LogP contribution in [0.4, 0.5) is 11.4 Å². The molecule has 6 heteroatoms. The lowest BCUT2D eigenvalue weighted by Gasteiger charge is -2.12. The Morgan fingerprint density at radius 3 is 1.82 bits per heavy atom. The topological polar surface area (TPSA) is 59.1 Å². The molecular formula is C27H23ClN4O. The van der Waals surface area contributed by atoms with Crippen molar-refractivity contribution in [1.82, 2.24) is 9.97 Å². The van der Waals surface area contributed by atoms with Crippen LogP contribution in [0.1, 0.15) is 11.1 Å². The van der Waals surface area contributed by atoms with Crippen molar-refractivity contribution in [2.75, 3.05) is 17.7 Å². The number of anilines is 2. The summed E-state index contributed by atoms with van der Waals surface area (Å²) in [5.41, 5.74) is 6.31. The Morgan fingerprint density at radius 2 is 1.24 bits per heavy atom. The van der Waals surface area contributed by atoms with Gasteiger partial charge in [0, 0.05) is 58.7 Å². The number of methoxy groups -OCH3 is 1. The number of hydrogen-bond acceptors (Lipinski definition) is 5. The SMILES string of the molecule is COc1ccc2c(NCc3ccc(CNc4ccnc5cc(Cl)ccc45)cc3)ccnc2c1. The molecule has 2 aromatic heterocycles. The van der Waals surface area contributed by atoms with E-state index in [-0.39, 0.29) is 0 Å². The first-order valence-electron chi connectivity index (χ1n) is 10.7. The smallest absolute Gasteiger partial charge is 0.121 e.